The molecule has 1 aliphatic carbocycles. The van der Waals surface area contributed by atoms with Gasteiger partial charge in [-0.05, 0) is 61.7 Å². The number of nitrogens with zero attached hydrogens (tertiary/aromatic N) is 3. The number of anilines is 1. The smallest absolute Gasteiger partial charge is 0.331 e. The van der Waals surface area contributed by atoms with Crippen molar-refractivity contribution < 1.29 is 23.9 Å². The van der Waals surface area contributed by atoms with Crippen molar-refractivity contribution in [3.05, 3.63) is 84.4 Å². The summed E-state index contributed by atoms with van der Waals surface area (Å²) in [4.78, 5) is 46.4. The number of nitrogens with one attached hydrogen (secondary N) is 2. The third-order valence-corrected chi connectivity index (χ3v) is 7.56. The highest BCUT2D eigenvalue weighted by Gasteiger charge is 2.26. The van der Waals surface area contributed by atoms with Crippen LogP contribution in [-0.2, 0) is 16.1 Å². The number of aliphatic imine (C=N–C) groups is 1. The number of amides is 3. The van der Waals surface area contributed by atoms with Gasteiger partial charge in [-0.3, -0.25) is 10.1 Å². The molecule has 2 N–H and O–H groups in total. The number of fused-ring (bicyclic) bond motifs is 1. The number of rotatable bonds is 10. The maximum atomic E-state index is 12.8. The van der Waals surface area contributed by atoms with E-state index in [2.05, 4.69) is 15.6 Å². The molecular weight excluding hydrogens is 546 g/mol. The van der Waals surface area contributed by atoms with E-state index < -0.39 is 12.0 Å². The van der Waals surface area contributed by atoms with Crippen molar-refractivity contribution >= 4 is 35.2 Å². The highest BCUT2D eigenvalue weighted by atomic mass is 16.5. The fourth-order valence-corrected chi connectivity index (χ4v) is 5.27. The highest BCUT2D eigenvalue weighted by Crippen LogP contribution is 2.30. The molecule has 1 saturated carbocycles. The summed E-state index contributed by atoms with van der Waals surface area (Å²) in [5.74, 6) is 0.971. The minimum Gasteiger partial charge on any atom is -0.494 e. The zero-order valence-corrected chi connectivity index (χ0v) is 24.3. The molecule has 0 aromatic heterocycles. The molecule has 10 heteroatoms. The van der Waals surface area contributed by atoms with Crippen LogP contribution in [0.25, 0.3) is 0 Å². The molecule has 0 atom stereocenters. The van der Waals surface area contributed by atoms with Gasteiger partial charge in [0, 0.05) is 37.3 Å². The summed E-state index contributed by atoms with van der Waals surface area (Å²) < 4.78 is 11.5. The number of hydrogen-bond acceptors (Lipinski definition) is 7. The van der Waals surface area contributed by atoms with Crippen molar-refractivity contribution in [2.75, 3.05) is 25.5 Å². The quantitative estimate of drug-likeness (QED) is 0.186. The SMILES string of the molecule is CN(C(=O)CCCOc1ccc2c(c1)CN(CC(=O)Oc1ccccc1)C(NC(=O)Nc1ccccc1)=N2)C1CCCC1. The molecule has 0 bridgehead atoms. The Morgan fingerprint density at radius 3 is 2.40 bits per heavy atom. The van der Waals surface area contributed by atoms with E-state index in [1.54, 1.807) is 41.3 Å². The van der Waals surface area contributed by atoms with E-state index in [4.69, 9.17) is 9.47 Å². The van der Waals surface area contributed by atoms with E-state index >= 15 is 0 Å². The number of carbonyl (C=O) groups is 3. The largest absolute Gasteiger partial charge is 0.494 e. The maximum Gasteiger partial charge on any atom is 0.331 e. The lowest BCUT2D eigenvalue weighted by Crippen LogP contribution is -2.48. The van der Waals surface area contributed by atoms with Crippen molar-refractivity contribution in [3.8, 4) is 11.5 Å². The first-order valence-corrected chi connectivity index (χ1v) is 14.7. The lowest BCUT2D eigenvalue weighted by molar-refractivity contribution is -0.135. The van der Waals surface area contributed by atoms with Crippen LogP contribution in [0.1, 0.15) is 44.1 Å². The molecular formula is C33H37N5O5. The molecule has 5 rings (SSSR count). The second kappa shape index (κ2) is 14.4. The Kier molecular flexibility index (Phi) is 9.89. The summed E-state index contributed by atoms with van der Waals surface area (Å²) in [7, 11) is 1.90. The van der Waals surface area contributed by atoms with E-state index in [-0.39, 0.29) is 18.4 Å². The number of benzene rings is 3. The minimum absolute atomic E-state index is 0.138. The summed E-state index contributed by atoms with van der Waals surface area (Å²) in [5, 5.41) is 5.55. The van der Waals surface area contributed by atoms with Gasteiger partial charge in [-0.2, -0.15) is 0 Å². The van der Waals surface area contributed by atoms with Crippen LogP contribution in [0.2, 0.25) is 0 Å². The molecule has 0 saturated heterocycles. The van der Waals surface area contributed by atoms with Gasteiger partial charge >= 0.3 is 12.0 Å². The van der Waals surface area contributed by atoms with Crippen molar-refractivity contribution in [2.24, 2.45) is 4.99 Å². The predicted molar refractivity (Wildman–Crippen MR) is 164 cm³/mol. The predicted octanol–water partition coefficient (Wildman–Crippen LogP) is 5.48. The van der Waals surface area contributed by atoms with Crippen molar-refractivity contribution in [1.29, 1.82) is 0 Å². The summed E-state index contributed by atoms with van der Waals surface area (Å²) in [6.07, 6.45) is 5.63. The standard InChI is InChI=1S/C33H37N5O5/c1-37(26-13-8-9-14-26)30(39)17-10-20-42-28-18-19-29-24(21-28)22-38(23-31(40)43-27-15-6-3-7-16-27)32(35-29)36-33(41)34-25-11-4-2-5-12-25/h2-7,11-12,15-16,18-19,21,26H,8-10,13-14,17,20,22-23H2,1H3,(H2,34,35,36,41). The highest BCUT2D eigenvalue weighted by molar-refractivity contribution is 6.04. The average molecular weight is 584 g/mol. The summed E-state index contributed by atoms with van der Waals surface area (Å²) in [5.41, 5.74) is 2.11. The molecule has 2 aliphatic rings. The first kappa shape index (κ1) is 29.6. The van der Waals surface area contributed by atoms with Gasteiger partial charge in [-0.1, -0.05) is 49.2 Å². The normalized spacial score (nSPS) is 14.3. The van der Waals surface area contributed by atoms with Gasteiger partial charge in [0.25, 0.3) is 0 Å². The number of ether oxygens (including phenoxy) is 2. The second-order valence-corrected chi connectivity index (χ2v) is 10.7. The van der Waals surface area contributed by atoms with Gasteiger partial charge in [-0.25, -0.2) is 14.6 Å². The fourth-order valence-electron chi connectivity index (χ4n) is 5.27. The van der Waals surface area contributed by atoms with E-state index in [0.29, 0.717) is 54.9 Å². The summed E-state index contributed by atoms with van der Waals surface area (Å²) in [6.45, 7) is 0.567. The molecule has 1 aliphatic heterocycles. The monoisotopic (exact) mass is 583 g/mol. The summed E-state index contributed by atoms with van der Waals surface area (Å²) >= 11 is 0. The zero-order chi connectivity index (χ0) is 30.0. The molecule has 3 aromatic carbocycles. The number of para-hydroxylation sites is 2. The van der Waals surface area contributed by atoms with Gasteiger partial charge in [0.2, 0.25) is 11.9 Å². The van der Waals surface area contributed by atoms with E-state index in [9.17, 15) is 14.4 Å². The van der Waals surface area contributed by atoms with E-state index in [1.807, 2.05) is 54.4 Å². The van der Waals surface area contributed by atoms with Crippen LogP contribution in [-0.4, -0.2) is 59.9 Å². The van der Waals surface area contributed by atoms with Crippen LogP contribution in [0, 0.1) is 0 Å². The van der Waals surface area contributed by atoms with Crippen LogP contribution < -0.4 is 20.1 Å². The Morgan fingerprint density at radius 2 is 1.65 bits per heavy atom. The van der Waals surface area contributed by atoms with Crippen LogP contribution in [0.5, 0.6) is 11.5 Å². The lowest BCUT2D eigenvalue weighted by atomic mass is 10.1. The van der Waals surface area contributed by atoms with Gasteiger partial charge in [0.1, 0.15) is 18.0 Å². The molecule has 0 unspecified atom stereocenters. The number of esters is 1. The maximum absolute atomic E-state index is 12.8. The van der Waals surface area contributed by atoms with Crippen LogP contribution in [0.3, 0.4) is 0 Å². The van der Waals surface area contributed by atoms with Gasteiger partial charge < -0.3 is 24.6 Å². The first-order chi connectivity index (χ1) is 20.9. The topological polar surface area (TPSA) is 113 Å². The molecule has 224 valence electrons. The number of carbonyl (C=O) groups excluding carboxylic acids is 3. The van der Waals surface area contributed by atoms with Gasteiger partial charge in [0.15, 0.2) is 0 Å². The molecule has 3 aromatic rings. The third kappa shape index (κ3) is 8.34. The number of urea groups is 1. The summed E-state index contributed by atoms with van der Waals surface area (Å²) in [6, 6.07) is 23.3. The second-order valence-electron chi connectivity index (χ2n) is 10.7. The van der Waals surface area contributed by atoms with Crippen LogP contribution >= 0.6 is 0 Å². The minimum atomic E-state index is -0.493. The van der Waals surface area contributed by atoms with E-state index in [1.165, 1.54) is 12.8 Å². The Labute approximate surface area is 251 Å². The van der Waals surface area contributed by atoms with Crippen LogP contribution in [0.15, 0.2) is 83.9 Å². The van der Waals surface area contributed by atoms with Crippen molar-refractivity contribution in [2.45, 2.75) is 51.1 Å². The fraction of sp³-hybridized carbons (Fsp3) is 0.333. The van der Waals surface area contributed by atoms with Crippen LogP contribution in [0.4, 0.5) is 16.2 Å². The molecule has 1 fully saturated rings. The Morgan fingerprint density at radius 1 is 0.930 bits per heavy atom. The average Bonchev–Trinajstić information content (AvgIpc) is 3.55. The molecule has 43 heavy (non-hydrogen) atoms. The molecule has 10 nitrogen and oxygen atoms in total. The molecule has 0 spiro atoms. The Hall–Kier alpha value is -4.86. The van der Waals surface area contributed by atoms with Crippen molar-refractivity contribution in [3.63, 3.8) is 0 Å². The Balaban J connectivity index is 1.22. The molecule has 1 heterocycles. The Bertz CT molecular complexity index is 1440. The lowest BCUT2D eigenvalue weighted by Gasteiger charge is -2.29. The van der Waals surface area contributed by atoms with Gasteiger partial charge in [-0.15, -0.1) is 0 Å². The first-order valence-electron chi connectivity index (χ1n) is 14.7. The van der Waals surface area contributed by atoms with E-state index in [0.717, 1.165) is 18.4 Å². The zero-order valence-electron chi connectivity index (χ0n) is 24.3. The molecule has 3 amide bonds. The number of guanidine groups is 1. The number of hydrogen-bond donors (Lipinski definition) is 2. The van der Waals surface area contributed by atoms with Crippen molar-refractivity contribution in [1.82, 2.24) is 15.1 Å². The third-order valence-electron chi connectivity index (χ3n) is 7.56. The van der Waals surface area contributed by atoms with Gasteiger partial charge in [0.05, 0.1) is 12.3 Å². The molecule has 0 radical (unpaired) electrons.